The number of hydrogen-bond donors (Lipinski definition) is 1. The summed E-state index contributed by atoms with van der Waals surface area (Å²) >= 11 is 0. The number of halogens is 1. The second kappa shape index (κ2) is 21.1. The van der Waals surface area contributed by atoms with Crippen LogP contribution in [-0.4, -0.2) is 12.5 Å². The highest BCUT2D eigenvalue weighted by atomic mass is 127. The van der Waals surface area contributed by atoms with Crippen LogP contribution < -0.4 is 38.6 Å². The third-order valence-corrected chi connectivity index (χ3v) is 7.51. The van der Waals surface area contributed by atoms with Gasteiger partial charge in [0.25, 0.3) is 0 Å². The number of benzene rings is 1. The second-order valence-electron chi connectivity index (χ2n) is 12.4. The molecule has 0 fully saturated rings. The van der Waals surface area contributed by atoms with Gasteiger partial charge in [-0.05, 0) is 34.6 Å². The van der Waals surface area contributed by atoms with E-state index >= 15 is 0 Å². The number of carbonyl (C=O) groups is 1. The number of pyridine rings is 1. The first-order valence-electron chi connectivity index (χ1n) is 15.8. The van der Waals surface area contributed by atoms with Crippen molar-refractivity contribution in [3.63, 3.8) is 0 Å². The smallest absolute Gasteiger partial charge is 0.224 e. The van der Waals surface area contributed by atoms with E-state index in [9.17, 15) is 4.79 Å². The van der Waals surface area contributed by atoms with Crippen LogP contribution in [0.5, 0.6) is 5.75 Å². The van der Waals surface area contributed by atoms with E-state index in [2.05, 4.69) is 45.1 Å². The van der Waals surface area contributed by atoms with Crippen molar-refractivity contribution in [1.82, 2.24) is 5.32 Å². The number of unbranched alkanes of at least 4 members (excludes halogenated alkanes) is 13. The fourth-order valence-electron chi connectivity index (χ4n) is 4.98. The maximum Gasteiger partial charge on any atom is 0.224 e. The number of nitrogens with zero attached hydrogens (tertiary/aromatic N) is 1. The highest BCUT2D eigenvalue weighted by molar-refractivity contribution is 5.78. The molecule has 0 aliphatic carbocycles. The summed E-state index contributed by atoms with van der Waals surface area (Å²) in [6.45, 7) is 10.2. The maximum atomic E-state index is 12.6. The van der Waals surface area contributed by atoms with Crippen LogP contribution in [0.15, 0.2) is 42.7 Å². The Morgan fingerprint density at radius 1 is 0.775 bits per heavy atom. The highest BCUT2D eigenvalue weighted by Gasteiger charge is 2.20. The number of aryl methyl sites for hydroxylation is 1. The van der Waals surface area contributed by atoms with Gasteiger partial charge in [-0.2, -0.15) is 0 Å². The topological polar surface area (TPSA) is 42.2 Å². The van der Waals surface area contributed by atoms with Gasteiger partial charge < -0.3 is 34.0 Å². The zero-order valence-corrected chi connectivity index (χ0v) is 28.4. The minimum absolute atomic E-state index is 0. The van der Waals surface area contributed by atoms with Crippen molar-refractivity contribution in [3.8, 4) is 5.75 Å². The molecule has 0 saturated heterocycles. The summed E-state index contributed by atoms with van der Waals surface area (Å²) in [7, 11) is 1.99. The molecule has 2 rings (SSSR count). The summed E-state index contributed by atoms with van der Waals surface area (Å²) in [5.41, 5.74) is 3.26. The summed E-state index contributed by atoms with van der Waals surface area (Å²) in [6.07, 6.45) is 23.4. The molecule has 0 aliphatic rings. The van der Waals surface area contributed by atoms with Crippen LogP contribution in [0.25, 0.3) is 0 Å². The molecular formula is C35H57IN2O2. The monoisotopic (exact) mass is 664 g/mol. The first-order chi connectivity index (χ1) is 18.8. The molecule has 40 heavy (non-hydrogen) atoms. The standard InChI is InChI=1S/C35H56N2O2.HI/c1-6-7-8-9-10-11-12-13-14-15-16-17-18-19-26-39-33-21-20-31(27-32(33)35(2,3)4)28-34(38)36-29-30-22-24-37(5)25-23-30;/h20-25,27H,6-19,26,28-29H2,1-5H3;1H. The number of ether oxygens (including phenoxy) is 1. The van der Waals surface area contributed by atoms with E-state index in [0.29, 0.717) is 13.0 Å². The molecule has 0 bridgehead atoms. The van der Waals surface area contributed by atoms with E-state index in [-0.39, 0.29) is 35.3 Å². The fraction of sp³-hybridized carbons (Fsp3) is 0.657. The van der Waals surface area contributed by atoms with Crippen molar-refractivity contribution in [3.05, 3.63) is 59.4 Å². The van der Waals surface area contributed by atoms with Crippen molar-refractivity contribution in [2.24, 2.45) is 7.05 Å². The van der Waals surface area contributed by atoms with Gasteiger partial charge in [-0.1, -0.05) is 123 Å². The Bertz CT molecular complexity index is 937. The van der Waals surface area contributed by atoms with Crippen LogP contribution in [-0.2, 0) is 30.2 Å². The molecule has 1 aromatic heterocycles. The third-order valence-electron chi connectivity index (χ3n) is 7.51. The summed E-state index contributed by atoms with van der Waals surface area (Å²) in [5.74, 6) is 0.998. The van der Waals surface area contributed by atoms with E-state index in [1.54, 1.807) is 0 Å². The molecule has 0 saturated carbocycles. The maximum absolute atomic E-state index is 12.6. The fourth-order valence-corrected chi connectivity index (χ4v) is 4.98. The van der Waals surface area contributed by atoms with Crippen LogP contribution >= 0.6 is 0 Å². The van der Waals surface area contributed by atoms with Gasteiger partial charge in [-0.3, -0.25) is 4.79 Å². The molecule has 1 heterocycles. The van der Waals surface area contributed by atoms with Gasteiger partial charge in [0.1, 0.15) is 12.8 Å². The Morgan fingerprint density at radius 2 is 1.30 bits per heavy atom. The quantitative estimate of drug-likeness (QED) is 0.115. The Kier molecular flexibility index (Phi) is 19.2. The Labute approximate surface area is 263 Å². The molecule has 226 valence electrons. The molecule has 1 amide bonds. The van der Waals surface area contributed by atoms with E-state index in [1.165, 1.54) is 89.0 Å². The van der Waals surface area contributed by atoms with Gasteiger partial charge in [0, 0.05) is 18.7 Å². The zero-order valence-electron chi connectivity index (χ0n) is 26.2. The van der Waals surface area contributed by atoms with Crippen LogP contribution in [0.4, 0.5) is 0 Å². The molecule has 1 aromatic carbocycles. The molecule has 1 N–H and O–H groups in total. The molecule has 0 unspecified atom stereocenters. The SMILES string of the molecule is CCCCCCCCCCCCCCCCOc1ccc(CC(=O)NCc2cc[n+](C)cc2)cc1C(C)(C)C.[I-]. The van der Waals surface area contributed by atoms with Crippen LogP contribution in [0.3, 0.4) is 0 Å². The molecule has 2 aromatic rings. The van der Waals surface area contributed by atoms with Gasteiger partial charge in [-0.25, -0.2) is 4.57 Å². The van der Waals surface area contributed by atoms with Gasteiger partial charge in [-0.15, -0.1) is 0 Å². The lowest BCUT2D eigenvalue weighted by Crippen LogP contribution is -3.00. The molecular weight excluding hydrogens is 607 g/mol. The van der Waals surface area contributed by atoms with Crippen molar-refractivity contribution in [1.29, 1.82) is 0 Å². The Hall–Kier alpha value is -1.63. The molecule has 0 atom stereocenters. The molecule has 4 nitrogen and oxygen atoms in total. The van der Waals surface area contributed by atoms with Crippen LogP contribution in [0, 0.1) is 0 Å². The Morgan fingerprint density at radius 3 is 1.82 bits per heavy atom. The van der Waals surface area contributed by atoms with E-state index in [4.69, 9.17) is 4.74 Å². The van der Waals surface area contributed by atoms with E-state index < -0.39 is 0 Å². The molecule has 0 radical (unpaired) electrons. The van der Waals surface area contributed by atoms with Crippen molar-refractivity contribution in [2.75, 3.05) is 6.61 Å². The van der Waals surface area contributed by atoms with Crippen molar-refractivity contribution in [2.45, 2.75) is 136 Å². The Balaban J connectivity index is 0.00000800. The largest absolute Gasteiger partial charge is 1.00 e. The summed E-state index contributed by atoms with van der Waals surface area (Å²) in [6, 6.07) is 10.3. The number of nitrogens with one attached hydrogen (secondary N) is 1. The van der Waals surface area contributed by atoms with Gasteiger partial charge in [0.15, 0.2) is 12.4 Å². The molecule has 0 spiro atoms. The number of rotatable bonds is 20. The number of aromatic nitrogens is 1. The summed E-state index contributed by atoms with van der Waals surface area (Å²) < 4.78 is 8.23. The number of hydrogen-bond acceptors (Lipinski definition) is 2. The summed E-state index contributed by atoms with van der Waals surface area (Å²) in [4.78, 5) is 12.6. The minimum Gasteiger partial charge on any atom is -1.00 e. The van der Waals surface area contributed by atoms with Crippen LogP contribution in [0.2, 0.25) is 0 Å². The van der Waals surface area contributed by atoms with Crippen LogP contribution in [0.1, 0.15) is 134 Å². The molecule has 5 heteroatoms. The van der Waals surface area contributed by atoms with E-state index in [0.717, 1.165) is 29.9 Å². The predicted molar refractivity (Wildman–Crippen MR) is 164 cm³/mol. The lowest BCUT2D eigenvalue weighted by molar-refractivity contribution is -0.671. The lowest BCUT2D eigenvalue weighted by Gasteiger charge is -2.24. The number of carbonyl (C=O) groups excluding carboxylic acids is 1. The lowest BCUT2D eigenvalue weighted by atomic mass is 9.85. The number of amides is 1. The van der Waals surface area contributed by atoms with Gasteiger partial charge >= 0.3 is 0 Å². The average molecular weight is 665 g/mol. The van der Waals surface area contributed by atoms with Crippen molar-refractivity contribution < 1.29 is 38.1 Å². The first-order valence-corrected chi connectivity index (χ1v) is 15.8. The van der Waals surface area contributed by atoms with E-state index in [1.807, 2.05) is 42.2 Å². The van der Waals surface area contributed by atoms with Gasteiger partial charge in [0.2, 0.25) is 5.91 Å². The predicted octanol–water partition coefficient (Wildman–Crippen LogP) is 5.53. The average Bonchev–Trinajstić information content (AvgIpc) is 2.90. The highest BCUT2D eigenvalue weighted by Crippen LogP contribution is 2.32. The van der Waals surface area contributed by atoms with Crippen molar-refractivity contribution >= 4 is 5.91 Å². The molecule has 0 aliphatic heterocycles. The zero-order chi connectivity index (χ0) is 28.3. The first kappa shape index (κ1) is 36.4. The third kappa shape index (κ3) is 16.0. The minimum atomic E-state index is -0.0448. The normalized spacial score (nSPS) is 11.2. The van der Waals surface area contributed by atoms with Gasteiger partial charge in [0.05, 0.1) is 13.0 Å². The second-order valence-corrected chi connectivity index (χ2v) is 12.4. The summed E-state index contributed by atoms with van der Waals surface area (Å²) in [5, 5.41) is 3.04.